The lowest BCUT2D eigenvalue weighted by Gasteiger charge is -2.08. The maximum absolute atomic E-state index is 11.9. The average Bonchev–Trinajstić information content (AvgIpc) is 3.32. The highest BCUT2D eigenvalue weighted by Gasteiger charge is 2.29. The third kappa shape index (κ3) is 3.02. The first kappa shape index (κ1) is 16.6. The Labute approximate surface area is 161 Å². The molecule has 0 bridgehead atoms. The Morgan fingerprint density at radius 3 is 2.68 bits per heavy atom. The van der Waals surface area contributed by atoms with Gasteiger partial charge in [0.15, 0.2) is 17.3 Å². The van der Waals surface area contributed by atoms with Crippen molar-refractivity contribution in [3.63, 3.8) is 0 Å². The van der Waals surface area contributed by atoms with E-state index in [1.807, 2.05) is 42.5 Å². The van der Waals surface area contributed by atoms with E-state index < -0.39 is 0 Å². The molecule has 1 aliphatic carbocycles. The number of hydrogen-bond donors (Lipinski definition) is 1. The van der Waals surface area contributed by atoms with Crippen LogP contribution in [-0.4, -0.2) is 34.6 Å². The Kier molecular flexibility index (Phi) is 3.89. The molecule has 28 heavy (non-hydrogen) atoms. The van der Waals surface area contributed by atoms with Crippen molar-refractivity contribution in [2.24, 2.45) is 5.92 Å². The number of carbonyl (C=O) groups excluding carboxylic acids is 1. The van der Waals surface area contributed by atoms with Crippen LogP contribution >= 0.6 is 0 Å². The quantitative estimate of drug-likeness (QED) is 0.734. The van der Waals surface area contributed by atoms with E-state index in [0.29, 0.717) is 17.3 Å². The number of hydrogen-bond acceptors (Lipinski definition) is 6. The van der Waals surface area contributed by atoms with Crippen LogP contribution in [0, 0.1) is 5.92 Å². The number of carbonyl (C=O) groups is 1. The first-order valence-electron chi connectivity index (χ1n) is 9.03. The molecule has 8 nitrogen and oxygen atoms in total. The van der Waals surface area contributed by atoms with Gasteiger partial charge in [-0.2, -0.15) is 4.98 Å². The summed E-state index contributed by atoms with van der Waals surface area (Å²) in [5, 5.41) is 7.36. The fourth-order valence-corrected chi connectivity index (χ4v) is 3.06. The summed E-state index contributed by atoms with van der Waals surface area (Å²) < 4.78 is 17.8. The van der Waals surface area contributed by atoms with Crippen LogP contribution in [0.2, 0.25) is 0 Å². The van der Waals surface area contributed by atoms with Crippen molar-refractivity contribution in [2.45, 2.75) is 12.8 Å². The van der Waals surface area contributed by atoms with Gasteiger partial charge in [-0.05, 0) is 55.3 Å². The highest BCUT2D eigenvalue weighted by atomic mass is 16.7. The highest BCUT2D eigenvalue weighted by molar-refractivity contribution is 5.94. The molecule has 0 radical (unpaired) electrons. The minimum atomic E-state index is 0.0798. The van der Waals surface area contributed by atoms with E-state index >= 15 is 0 Å². The Morgan fingerprint density at radius 1 is 1.14 bits per heavy atom. The fraction of sp³-hybridized carbons (Fsp3) is 0.250. The SMILES string of the molecule is COc1nc(-c2ccc3c(c2)OCO3)n(-c2ccc(NC(=O)C3CC3)cc2)n1. The predicted octanol–water partition coefficient (Wildman–Crippen LogP) is 3.02. The van der Waals surface area contributed by atoms with Gasteiger partial charge in [-0.3, -0.25) is 4.79 Å². The Hall–Kier alpha value is -3.55. The number of anilines is 1. The first-order valence-corrected chi connectivity index (χ1v) is 9.03. The second-order valence-electron chi connectivity index (χ2n) is 6.71. The van der Waals surface area contributed by atoms with E-state index in [-0.39, 0.29) is 24.6 Å². The van der Waals surface area contributed by atoms with Crippen molar-refractivity contribution in [2.75, 3.05) is 19.2 Å². The van der Waals surface area contributed by atoms with Crippen molar-refractivity contribution < 1.29 is 19.0 Å². The van der Waals surface area contributed by atoms with Gasteiger partial charge in [0.1, 0.15) is 0 Å². The van der Waals surface area contributed by atoms with Crippen LogP contribution in [0.5, 0.6) is 17.5 Å². The Bertz CT molecular complexity index is 1040. The van der Waals surface area contributed by atoms with E-state index in [1.54, 1.807) is 4.68 Å². The van der Waals surface area contributed by atoms with Crippen LogP contribution in [-0.2, 0) is 4.79 Å². The van der Waals surface area contributed by atoms with Gasteiger partial charge in [-0.25, -0.2) is 4.68 Å². The summed E-state index contributed by atoms with van der Waals surface area (Å²) in [6, 6.07) is 13.4. The molecule has 1 amide bonds. The smallest absolute Gasteiger partial charge is 0.336 e. The summed E-state index contributed by atoms with van der Waals surface area (Å²) in [5.74, 6) is 2.24. The van der Waals surface area contributed by atoms with Crippen LogP contribution in [0.1, 0.15) is 12.8 Å². The van der Waals surface area contributed by atoms with Crippen LogP contribution < -0.4 is 19.5 Å². The zero-order chi connectivity index (χ0) is 19.1. The fourth-order valence-electron chi connectivity index (χ4n) is 3.06. The standard InChI is InChI=1S/C20H18N4O4/c1-26-20-22-18(13-4-9-16-17(10-13)28-11-27-16)24(23-20)15-7-5-14(6-8-15)21-19(25)12-2-3-12/h4-10,12H,2-3,11H2,1H3,(H,21,25). The molecule has 1 N–H and O–H groups in total. The maximum Gasteiger partial charge on any atom is 0.336 e. The molecule has 1 aromatic heterocycles. The number of ether oxygens (including phenoxy) is 3. The summed E-state index contributed by atoms with van der Waals surface area (Å²) in [5.41, 5.74) is 2.39. The van der Waals surface area contributed by atoms with Gasteiger partial charge in [0.25, 0.3) is 0 Å². The molecule has 2 aliphatic rings. The number of amides is 1. The number of nitrogens with zero attached hydrogens (tertiary/aromatic N) is 3. The van der Waals surface area contributed by atoms with Gasteiger partial charge in [-0.1, -0.05) is 0 Å². The molecule has 0 saturated heterocycles. The van der Waals surface area contributed by atoms with Gasteiger partial charge >= 0.3 is 6.01 Å². The average molecular weight is 378 g/mol. The van der Waals surface area contributed by atoms with Crippen LogP contribution in [0.4, 0.5) is 5.69 Å². The van der Waals surface area contributed by atoms with Gasteiger partial charge in [-0.15, -0.1) is 5.10 Å². The predicted molar refractivity (Wildman–Crippen MR) is 101 cm³/mol. The number of methoxy groups -OCH3 is 1. The lowest BCUT2D eigenvalue weighted by atomic mass is 10.2. The first-order chi connectivity index (χ1) is 13.7. The molecule has 0 unspecified atom stereocenters. The molecule has 0 spiro atoms. The molecule has 1 aliphatic heterocycles. The number of aromatic nitrogens is 3. The Balaban J connectivity index is 1.47. The van der Waals surface area contributed by atoms with Crippen molar-refractivity contribution in [1.29, 1.82) is 0 Å². The molecular formula is C20H18N4O4. The second kappa shape index (κ2) is 6.56. The lowest BCUT2D eigenvalue weighted by molar-refractivity contribution is -0.117. The van der Waals surface area contributed by atoms with Gasteiger partial charge in [0, 0.05) is 17.2 Å². The second-order valence-corrected chi connectivity index (χ2v) is 6.71. The number of fused-ring (bicyclic) bond motifs is 1. The largest absolute Gasteiger partial charge is 0.466 e. The van der Waals surface area contributed by atoms with Crippen LogP contribution in [0.15, 0.2) is 42.5 Å². The summed E-state index contributed by atoms with van der Waals surface area (Å²) in [7, 11) is 1.53. The van der Waals surface area contributed by atoms with Gasteiger partial charge < -0.3 is 19.5 Å². The highest BCUT2D eigenvalue weighted by Crippen LogP contribution is 2.36. The van der Waals surface area contributed by atoms with Crippen molar-refractivity contribution >= 4 is 11.6 Å². The molecule has 5 rings (SSSR count). The third-order valence-electron chi connectivity index (χ3n) is 4.73. The molecule has 3 aromatic rings. The van der Waals surface area contributed by atoms with Crippen molar-refractivity contribution in [1.82, 2.24) is 14.8 Å². The van der Waals surface area contributed by atoms with Crippen LogP contribution in [0.25, 0.3) is 17.1 Å². The lowest BCUT2D eigenvalue weighted by Crippen LogP contribution is -2.13. The normalized spacial score (nSPS) is 14.8. The Morgan fingerprint density at radius 2 is 1.93 bits per heavy atom. The molecule has 142 valence electrons. The molecule has 8 heteroatoms. The molecular weight excluding hydrogens is 360 g/mol. The van der Waals surface area contributed by atoms with Crippen molar-refractivity contribution in [3.05, 3.63) is 42.5 Å². The number of nitrogens with one attached hydrogen (secondary N) is 1. The van der Waals surface area contributed by atoms with Gasteiger partial charge in [0.05, 0.1) is 12.8 Å². The van der Waals surface area contributed by atoms with E-state index in [4.69, 9.17) is 14.2 Å². The zero-order valence-corrected chi connectivity index (χ0v) is 15.2. The summed E-state index contributed by atoms with van der Waals surface area (Å²) in [6.45, 7) is 0.211. The van der Waals surface area contributed by atoms with Crippen molar-refractivity contribution in [3.8, 4) is 34.6 Å². The summed E-state index contributed by atoms with van der Waals surface area (Å²) >= 11 is 0. The summed E-state index contributed by atoms with van der Waals surface area (Å²) in [6.07, 6.45) is 1.95. The van der Waals surface area contributed by atoms with E-state index in [1.165, 1.54) is 7.11 Å². The molecule has 1 saturated carbocycles. The third-order valence-corrected chi connectivity index (χ3v) is 4.73. The zero-order valence-electron chi connectivity index (χ0n) is 15.2. The van der Waals surface area contributed by atoms with E-state index in [0.717, 1.165) is 29.8 Å². The van der Waals surface area contributed by atoms with Gasteiger partial charge in [0.2, 0.25) is 12.7 Å². The maximum atomic E-state index is 11.9. The number of rotatable bonds is 5. The molecule has 2 aromatic carbocycles. The molecule has 0 atom stereocenters. The minimum absolute atomic E-state index is 0.0798. The monoisotopic (exact) mass is 378 g/mol. The molecule has 1 fully saturated rings. The van der Waals surface area contributed by atoms with E-state index in [2.05, 4.69) is 15.4 Å². The number of benzene rings is 2. The molecule has 2 heterocycles. The topological polar surface area (TPSA) is 87.5 Å². The van der Waals surface area contributed by atoms with E-state index in [9.17, 15) is 4.79 Å². The van der Waals surface area contributed by atoms with Crippen LogP contribution in [0.3, 0.4) is 0 Å². The summed E-state index contributed by atoms with van der Waals surface area (Å²) in [4.78, 5) is 16.4. The minimum Gasteiger partial charge on any atom is -0.466 e.